The molecule has 7 heteroatoms. The minimum Gasteiger partial charge on any atom is -0.506 e. The second kappa shape index (κ2) is 6.99. The molecule has 0 spiro atoms. The van der Waals surface area contributed by atoms with Gasteiger partial charge in [-0.05, 0) is 44.0 Å². The number of aromatic nitrogens is 1. The van der Waals surface area contributed by atoms with Crippen LogP contribution < -0.4 is 5.32 Å². The smallest absolute Gasteiger partial charge is 0.259 e. The highest BCUT2D eigenvalue weighted by molar-refractivity contribution is 6.28. The zero-order valence-electron chi connectivity index (χ0n) is 15.7. The summed E-state index contributed by atoms with van der Waals surface area (Å²) in [5, 5.41) is 13.1. The Labute approximate surface area is 161 Å². The number of aliphatic hydroxyl groups is 1. The first-order valence-electron chi connectivity index (χ1n) is 8.64. The van der Waals surface area contributed by atoms with Crippen molar-refractivity contribution in [3.05, 3.63) is 59.2 Å². The van der Waals surface area contributed by atoms with Crippen LogP contribution in [0.5, 0.6) is 0 Å². The highest BCUT2D eigenvalue weighted by Gasteiger charge is 2.43. The molecule has 3 rings (SSSR count). The van der Waals surface area contributed by atoms with Crippen molar-refractivity contribution >= 4 is 23.2 Å². The first-order chi connectivity index (χ1) is 13.1. The minimum absolute atomic E-state index is 0.245. The number of amides is 1. The number of halogens is 1. The van der Waals surface area contributed by atoms with Gasteiger partial charge >= 0.3 is 0 Å². The van der Waals surface area contributed by atoms with E-state index in [0.717, 1.165) is 6.20 Å². The fourth-order valence-corrected chi connectivity index (χ4v) is 3.22. The zero-order chi connectivity index (χ0) is 20.6. The van der Waals surface area contributed by atoms with Crippen LogP contribution in [-0.4, -0.2) is 34.1 Å². The third-order valence-electron chi connectivity index (χ3n) is 4.74. The van der Waals surface area contributed by atoms with E-state index in [-0.39, 0.29) is 12.3 Å². The van der Waals surface area contributed by atoms with E-state index < -0.39 is 34.3 Å². The van der Waals surface area contributed by atoms with Crippen molar-refractivity contribution in [3.8, 4) is 11.1 Å². The van der Waals surface area contributed by atoms with Gasteiger partial charge in [0, 0.05) is 17.3 Å². The van der Waals surface area contributed by atoms with E-state index in [4.69, 9.17) is 0 Å². The van der Waals surface area contributed by atoms with Crippen molar-refractivity contribution in [2.45, 2.75) is 26.2 Å². The number of fused-ring (bicyclic) bond motifs is 1. The van der Waals surface area contributed by atoms with E-state index in [0.29, 0.717) is 22.3 Å². The molecule has 0 bridgehead atoms. The predicted octanol–water partition coefficient (Wildman–Crippen LogP) is 2.72. The summed E-state index contributed by atoms with van der Waals surface area (Å²) in [4.78, 5) is 40.3. The summed E-state index contributed by atoms with van der Waals surface area (Å²) in [6.07, 6.45) is 2.56. The SMILES string of the molecule is CC(=O)CNC(=O)C1=C(O)c2cc(-c3cncc(F)c3)ccc2C(C)(C)C1=O. The summed E-state index contributed by atoms with van der Waals surface area (Å²) in [5.41, 5.74) is 0.459. The topological polar surface area (TPSA) is 96.4 Å². The number of ketones is 2. The van der Waals surface area contributed by atoms with Gasteiger partial charge in [0.05, 0.1) is 18.2 Å². The van der Waals surface area contributed by atoms with Gasteiger partial charge in [-0.1, -0.05) is 12.1 Å². The monoisotopic (exact) mass is 382 g/mol. The lowest BCUT2D eigenvalue weighted by molar-refractivity contribution is -0.126. The van der Waals surface area contributed by atoms with Crippen molar-refractivity contribution in [1.29, 1.82) is 0 Å². The second-order valence-corrected chi connectivity index (χ2v) is 7.21. The lowest BCUT2D eigenvalue weighted by atomic mass is 9.70. The molecule has 6 nitrogen and oxygen atoms in total. The van der Waals surface area contributed by atoms with Gasteiger partial charge in [0.15, 0.2) is 5.78 Å². The molecule has 1 heterocycles. The van der Waals surface area contributed by atoms with Crippen LogP contribution in [0.15, 0.2) is 42.2 Å². The van der Waals surface area contributed by atoms with Gasteiger partial charge in [-0.15, -0.1) is 0 Å². The van der Waals surface area contributed by atoms with Gasteiger partial charge in [-0.2, -0.15) is 0 Å². The summed E-state index contributed by atoms with van der Waals surface area (Å²) >= 11 is 0. The van der Waals surface area contributed by atoms with E-state index in [1.54, 1.807) is 32.0 Å². The van der Waals surface area contributed by atoms with Crippen molar-refractivity contribution in [2.24, 2.45) is 0 Å². The maximum atomic E-state index is 13.5. The lowest BCUT2D eigenvalue weighted by Gasteiger charge is -2.32. The number of pyridine rings is 1. The van der Waals surface area contributed by atoms with E-state index in [9.17, 15) is 23.9 Å². The number of nitrogens with one attached hydrogen (secondary N) is 1. The third-order valence-corrected chi connectivity index (χ3v) is 4.74. The Morgan fingerprint density at radius 2 is 1.89 bits per heavy atom. The third kappa shape index (κ3) is 3.31. The number of rotatable bonds is 4. The molecule has 0 aliphatic heterocycles. The fraction of sp³-hybridized carbons (Fsp3) is 0.238. The molecule has 28 heavy (non-hydrogen) atoms. The molecule has 1 aliphatic carbocycles. The molecule has 1 aromatic heterocycles. The number of carbonyl (C=O) groups excluding carboxylic acids is 3. The van der Waals surface area contributed by atoms with Crippen molar-refractivity contribution < 1.29 is 23.9 Å². The lowest BCUT2D eigenvalue weighted by Crippen LogP contribution is -2.42. The molecule has 0 saturated carbocycles. The molecule has 2 aromatic rings. The summed E-state index contributed by atoms with van der Waals surface area (Å²) in [7, 11) is 0. The van der Waals surface area contributed by atoms with Gasteiger partial charge < -0.3 is 10.4 Å². The normalized spacial score (nSPS) is 15.2. The quantitative estimate of drug-likeness (QED) is 0.793. The Balaban J connectivity index is 2.15. The molecule has 1 aromatic carbocycles. The highest BCUT2D eigenvalue weighted by Crippen LogP contribution is 2.41. The predicted molar refractivity (Wildman–Crippen MR) is 101 cm³/mol. The van der Waals surface area contributed by atoms with Crippen molar-refractivity contribution in [1.82, 2.24) is 10.3 Å². The van der Waals surface area contributed by atoms with Gasteiger partial charge in [0.1, 0.15) is 22.9 Å². The van der Waals surface area contributed by atoms with Crippen LogP contribution in [0.4, 0.5) is 4.39 Å². The van der Waals surface area contributed by atoms with Crippen LogP contribution in [0.2, 0.25) is 0 Å². The molecular weight excluding hydrogens is 363 g/mol. The number of hydrogen-bond acceptors (Lipinski definition) is 5. The summed E-state index contributed by atoms with van der Waals surface area (Å²) < 4.78 is 13.5. The number of nitrogens with zero attached hydrogens (tertiary/aromatic N) is 1. The molecule has 1 aliphatic rings. The van der Waals surface area contributed by atoms with Crippen LogP contribution in [0.1, 0.15) is 31.9 Å². The zero-order valence-corrected chi connectivity index (χ0v) is 15.7. The summed E-state index contributed by atoms with van der Waals surface area (Å²) in [6.45, 7) is 4.37. The van der Waals surface area contributed by atoms with Crippen molar-refractivity contribution in [3.63, 3.8) is 0 Å². The molecule has 0 radical (unpaired) electrons. The number of aliphatic hydroxyl groups excluding tert-OH is 1. The number of benzene rings is 1. The minimum atomic E-state index is -1.07. The van der Waals surface area contributed by atoms with Crippen LogP contribution in [0.25, 0.3) is 16.9 Å². The molecule has 0 atom stereocenters. The van der Waals surface area contributed by atoms with Crippen LogP contribution >= 0.6 is 0 Å². The number of carbonyl (C=O) groups is 3. The van der Waals surface area contributed by atoms with E-state index in [1.807, 2.05) is 0 Å². The average Bonchev–Trinajstić information content (AvgIpc) is 2.65. The van der Waals surface area contributed by atoms with Crippen LogP contribution in [0, 0.1) is 5.82 Å². The summed E-state index contributed by atoms with van der Waals surface area (Å²) in [6, 6.07) is 6.27. The van der Waals surface area contributed by atoms with Crippen molar-refractivity contribution in [2.75, 3.05) is 6.54 Å². The van der Waals surface area contributed by atoms with Gasteiger partial charge in [0.2, 0.25) is 0 Å². The van der Waals surface area contributed by atoms with Gasteiger partial charge in [-0.25, -0.2) is 4.39 Å². The van der Waals surface area contributed by atoms with Crippen LogP contribution in [0.3, 0.4) is 0 Å². The maximum absolute atomic E-state index is 13.5. The molecule has 0 unspecified atom stereocenters. The standard InChI is InChI=1S/C21H19FN2O4/c1-11(25)8-24-20(28)17-18(26)15-7-12(13-6-14(22)10-23-9-13)4-5-16(15)21(2,3)19(17)27/h4-7,9-10,26H,8H2,1-3H3,(H,24,28). The maximum Gasteiger partial charge on any atom is 0.259 e. The summed E-state index contributed by atoms with van der Waals surface area (Å²) in [5.74, 6) is -2.60. The van der Waals surface area contributed by atoms with Gasteiger partial charge in [0.25, 0.3) is 5.91 Å². The Morgan fingerprint density at radius 3 is 2.54 bits per heavy atom. The molecule has 144 valence electrons. The number of Topliss-reactive ketones (excluding diaryl/α,β-unsaturated/α-hetero) is 2. The van der Waals surface area contributed by atoms with Gasteiger partial charge in [-0.3, -0.25) is 19.4 Å². The largest absolute Gasteiger partial charge is 0.506 e. The average molecular weight is 382 g/mol. The first kappa shape index (κ1) is 19.4. The Kier molecular flexibility index (Phi) is 4.85. The Morgan fingerprint density at radius 1 is 1.18 bits per heavy atom. The Bertz CT molecular complexity index is 1040. The van der Waals surface area contributed by atoms with E-state index >= 15 is 0 Å². The highest BCUT2D eigenvalue weighted by atomic mass is 19.1. The molecule has 0 saturated heterocycles. The fourth-order valence-electron chi connectivity index (χ4n) is 3.22. The first-order valence-corrected chi connectivity index (χ1v) is 8.64. The van der Waals surface area contributed by atoms with E-state index in [2.05, 4.69) is 10.3 Å². The molecule has 0 fully saturated rings. The van der Waals surface area contributed by atoms with Crippen LogP contribution in [-0.2, 0) is 19.8 Å². The molecular formula is C21H19FN2O4. The molecule has 2 N–H and O–H groups in total. The van der Waals surface area contributed by atoms with E-state index in [1.165, 1.54) is 19.2 Å². The number of hydrogen-bond donors (Lipinski definition) is 2. The molecule has 1 amide bonds. The Hall–Kier alpha value is -3.35. The second-order valence-electron chi connectivity index (χ2n) is 7.21.